The van der Waals surface area contributed by atoms with E-state index in [-0.39, 0.29) is 6.04 Å². The van der Waals surface area contributed by atoms with Crippen LogP contribution in [0.15, 0.2) is 12.4 Å². The van der Waals surface area contributed by atoms with Crippen LogP contribution in [-0.4, -0.2) is 31.6 Å². The van der Waals surface area contributed by atoms with Gasteiger partial charge >= 0.3 is 0 Å². The first kappa shape index (κ1) is 12.3. The zero-order valence-electron chi connectivity index (χ0n) is 9.80. The molecule has 1 aliphatic rings. The molecule has 1 aromatic heterocycles. The molecule has 3 nitrogen and oxygen atoms in total. The van der Waals surface area contributed by atoms with Crippen LogP contribution in [0.25, 0.3) is 0 Å². The van der Waals surface area contributed by atoms with Gasteiger partial charge in [-0.3, -0.25) is 0 Å². The molecule has 0 amide bonds. The zero-order chi connectivity index (χ0) is 11.5. The maximum atomic E-state index is 6.36. The summed E-state index contributed by atoms with van der Waals surface area (Å²) in [5.41, 5.74) is 6.36. The Kier molecular flexibility index (Phi) is 4.21. The Morgan fingerprint density at radius 2 is 2.31 bits per heavy atom. The molecule has 1 saturated heterocycles. The molecular weight excluding hydrogens is 238 g/mol. The van der Waals surface area contributed by atoms with Gasteiger partial charge < -0.3 is 10.3 Å². The summed E-state index contributed by atoms with van der Waals surface area (Å²) in [7, 11) is 0. The molecule has 5 heteroatoms. The third kappa shape index (κ3) is 2.41. The second-order valence-corrected chi connectivity index (χ2v) is 6.78. The molecule has 1 aromatic rings. The van der Waals surface area contributed by atoms with E-state index in [1.807, 2.05) is 35.9 Å². The minimum atomic E-state index is 0.0581. The van der Waals surface area contributed by atoms with Crippen molar-refractivity contribution in [1.29, 1.82) is 0 Å². The van der Waals surface area contributed by atoms with Gasteiger partial charge in [-0.05, 0) is 6.92 Å². The van der Waals surface area contributed by atoms with Gasteiger partial charge in [-0.25, -0.2) is 4.98 Å². The van der Waals surface area contributed by atoms with Crippen molar-refractivity contribution >= 4 is 23.5 Å². The summed E-state index contributed by atoms with van der Waals surface area (Å²) < 4.78 is 2.15. The van der Waals surface area contributed by atoms with Gasteiger partial charge in [0.25, 0.3) is 0 Å². The van der Waals surface area contributed by atoms with Crippen LogP contribution in [0.5, 0.6) is 0 Å². The van der Waals surface area contributed by atoms with Crippen molar-refractivity contribution in [3.05, 3.63) is 18.2 Å². The summed E-state index contributed by atoms with van der Waals surface area (Å²) in [5.74, 6) is 3.49. The second-order valence-electron chi connectivity index (χ2n) is 4.01. The van der Waals surface area contributed by atoms with Gasteiger partial charge in [0.2, 0.25) is 0 Å². The highest BCUT2D eigenvalue weighted by Gasteiger charge is 2.31. The molecule has 90 valence electrons. The first-order valence-corrected chi connectivity index (χ1v) is 7.83. The number of hydrogen-bond acceptors (Lipinski definition) is 4. The lowest BCUT2D eigenvalue weighted by Crippen LogP contribution is -2.35. The van der Waals surface area contributed by atoms with Gasteiger partial charge in [0.05, 0.1) is 6.04 Å². The largest absolute Gasteiger partial charge is 0.334 e. The minimum Gasteiger partial charge on any atom is -0.334 e. The zero-order valence-corrected chi connectivity index (χ0v) is 11.4. The van der Waals surface area contributed by atoms with Gasteiger partial charge in [0.1, 0.15) is 5.82 Å². The molecule has 0 bridgehead atoms. The Morgan fingerprint density at radius 3 is 3.00 bits per heavy atom. The van der Waals surface area contributed by atoms with E-state index in [9.17, 15) is 0 Å². The highest BCUT2D eigenvalue weighted by molar-refractivity contribution is 8.07. The maximum absolute atomic E-state index is 6.36. The lowest BCUT2D eigenvalue weighted by Gasteiger charge is -2.32. The molecule has 3 atom stereocenters. The third-order valence-corrected chi connectivity index (χ3v) is 6.19. The van der Waals surface area contributed by atoms with Crippen molar-refractivity contribution in [1.82, 2.24) is 9.55 Å². The molecular formula is C11H19N3S2. The fourth-order valence-corrected chi connectivity index (χ4v) is 4.92. The SMILES string of the molecule is CCn1ccnc1C(N)C1SCCSC1C. The molecule has 0 saturated carbocycles. The Bertz CT molecular complexity index is 340. The van der Waals surface area contributed by atoms with Crippen LogP contribution < -0.4 is 5.73 Å². The smallest absolute Gasteiger partial charge is 0.126 e. The number of aromatic nitrogens is 2. The molecule has 16 heavy (non-hydrogen) atoms. The average molecular weight is 257 g/mol. The van der Waals surface area contributed by atoms with Crippen molar-refractivity contribution in [2.75, 3.05) is 11.5 Å². The van der Waals surface area contributed by atoms with Gasteiger partial charge in [0, 0.05) is 40.9 Å². The summed E-state index contributed by atoms with van der Waals surface area (Å²) in [4.78, 5) is 4.41. The number of nitrogens with two attached hydrogens (primary N) is 1. The van der Waals surface area contributed by atoms with Crippen LogP contribution >= 0.6 is 23.5 Å². The van der Waals surface area contributed by atoms with Crippen molar-refractivity contribution in [2.24, 2.45) is 5.73 Å². The van der Waals surface area contributed by atoms with Crippen LogP contribution in [0.2, 0.25) is 0 Å². The molecule has 2 rings (SSSR count). The molecule has 0 radical (unpaired) electrons. The second kappa shape index (κ2) is 5.47. The Labute approximate surface area is 106 Å². The number of imidazole rings is 1. The maximum Gasteiger partial charge on any atom is 0.126 e. The number of thioether (sulfide) groups is 2. The van der Waals surface area contributed by atoms with E-state index in [0.29, 0.717) is 10.5 Å². The fourth-order valence-electron chi connectivity index (χ4n) is 2.08. The predicted molar refractivity (Wildman–Crippen MR) is 73.0 cm³/mol. The van der Waals surface area contributed by atoms with Gasteiger partial charge in [-0.15, -0.1) is 0 Å². The third-order valence-electron chi connectivity index (χ3n) is 2.98. The Morgan fingerprint density at radius 1 is 1.56 bits per heavy atom. The van der Waals surface area contributed by atoms with Crippen LogP contribution in [0.1, 0.15) is 25.7 Å². The van der Waals surface area contributed by atoms with E-state index in [1.54, 1.807) is 0 Å². The van der Waals surface area contributed by atoms with Crippen molar-refractivity contribution in [2.45, 2.75) is 36.9 Å². The molecule has 0 aliphatic carbocycles. The van der Waals surface area contributed by atoms with E-state index in [0.717, 1.165) is 12.4 Å². The lowest BCUT2D eigenvalue weighted by atomic mass is 10.1. The number of aryl methyl sites for hydroxylation is 1. The monoisotopic (exact) mass is 257 g/mol. The van der Waals surface area contributed by atoms with Gasteiger partial charge in [-0.1, -0.05) is 6.92 Å². The predicted octanol–water partition coefficient (Wildman–Crippen LogP) is 2.14. The van der Waals surface area contributed by atoms with Crippen molar-refractivity contribution < 1.29 is 0 Å². The molecule has 1 fully saturated rings. The van der Waals surface area contributed by atoms with E-state index in [4.69, 9.17) is 5.73 Å². The molecule has 2 heterocycles. The summed E-state index contributed by atoms with van der Waals surface area (Å²) in [6, 6.07) is 0.0581. The summed E-state index contributed by atoms with van der Waals surface area (Å²) >= 11 is 4.03. The van der Waals surface area contributed by atoms with Gasteiger partial charge in [0.15, 0.2) is 0 Å². The Balaban J connectivity index is 2.14. The molecule has 3 unspecified atom stereocenters. The van der Waals surface area contributed by atoms with Crippen molar-refractivity contribution in [3.63, 3.8) is 0 Å². The molecule has 0 spiro atoms. The topological polar surface area (TPSA) is 43.8 Å². The first-order valence-electron chi connectivity index (χ1n) is 5.74. The molecule has 1 aliphatic heterocycles. The fraction of sp³-hybridized carbons (Fsp3) is 0.727. The van der Waals surface area contributed by atoms with Crippen LogP contribution in [-0.2, 0) is 6.54 Å². The average Bonchev–Trinajstić information content (AvgIpc) is 2.77. The first-order chi connectivity index (χ1) is 7.74. The highest BCUT2D eigenvalue weighted by atomic mass is 32.2. The van der Waals surface area contributed by atoms with E-state index in [2.05, 4.69) is 23.4 Å². The molecule has 0 aromatic carbocycles. The van der Waals surface area contributed by atoms with E-state index < -0.39 is 0 Å². The van der Waals surface area contributed by atoms with E-state index in [1.165, 1.54) is 11.5 Å². The van der Waals surface area contributed by atoms with E-state index >= 15 is 0 Å². The summed E-state index contributed by atoms with van der Waals surface area (Å²) in [6.45, 7) is 5.35. The van der Waals surface area contributed by atoms with Crippen LogP contribution in [0, 0.1) is 0 Å². The number of rotatable bonds is 3. The van der Waals surface area contributed by atoms with Crippen LogP contribution in [0.3, 0.4) is 0 Å². The normalized spacial score (nSPS) is 27.9. The quantitative estimate of drug-likeness (QED) is 0.901. The molecule has 2 N–H and O–H groups in total. The van der Waals surface area contributed by atoms with Crippen LogP contribution in [0.4, 0.5) is 0 Å². The minimum absolute atomic E-state index is 0.0581. The van der Waals surface area contributed by atoms with Gasteiger partial charge in [-0.2, -0.15) is 23.5 Å². The number of nitrogens with zero attached hydrogens (tertiary/aromatic N) is 2. The number of hydrogen-bond donors (Lipinski definition) is 1. The highest BCUT2D eigenvalue weighted by Crippen LogP contribution is 2.37. The lowest BCUT2D eigenvalue weighted by molar-refractivity contribution is 0.576. The standard InChI is InChI=1S/C11H19N3S2/c1-3-14-5-4-13-11(14)9(12)10-8(2)15-6-7-16-10/h4-5,8-10H,3,6-7,12H2,1-2H3. The van der Waals surface area contributed by atoms with Crippen molar-refractivity contribution in [3.8, 4) is 0 Å². The Hall–Kier alpha value is -0.130. The summed E-state index contributed by atoms with van der Waals surface area (Å²) in [5, 5.41) is 1.11. The summed E-state index contributed by atoms with van der Waals surface area (Å²) in [6.07, 6.45) is 3.87.